The minimum absolute atomic E-state index is 0.165. The van der Waals surface area contributed by atoms with Gasteiger partial charge in [0.25, 0.3) is 5.91 Å². The zero-order valence-electron chi connectivity index (χ0n) is 13.9. The molecule has 1 heterocycles. The number of hydrogen-bond donors (Lipinski definition) is 1. The maximum Gasteiger partial charge on any atom is 0.337 e. The van der Waals surface area contributed by atoms with E-state index in [-0.39, 0.29) is 16.8 Å². The summed E-state index contributed by atoms with van der Waals surface area (Å²) in [5.74, 6) is -1.49. The highest BCUT2D eigenvalue weighted by Gasteiger charge is 2.20. The molecule has 2 aromatic carbocycles. The molecule has 0 aliphatic carbocycles. The van der Waals surface area contributed by atoms with E-state index in [1.807, 2.05) is 0 Å². The standard InChI is InChI=1S/C19H19FN2O3/c1-25-19(24)14-7-4-6-13(12-14)18(23)21-17-15(20)8-5-9-16(17)22-10-2-3-11-22/h4-9,12H,2-3,10-11H2,1H3,(H,21,23). The molecule has 0 saturated carbocycles. The smallest absolute Gasteiger partial charge is 0.337 e. The first-order valence-corrected chi connectivity index (χ1v) is 8.13. The Morgan fingerprint density at radius 2 is 1.76 bits per heavy atom. The van der Waals surface area contributed by atoms with Crippen molar-refractivity contribution in [2.75, 3.05) is 30.4 Å². The Bertz CT molecular complexity index is 801. The number of carbonyl (C=O) groups excluding carboxylic acids is 2. The summed E-state index contributed by atoms with van der Waals surface area (Å²) < 4.78 is 19.0. The Labute approximate surface area is 145 Å². The molecule has 5 nitrogen and oxygen atoms in total. The van der Waals surface area contributed by atoms with E-state index < -0.39 is 17.7 Å². The normalized spacial score (nSPS) is 13.6. The van der Waals surface area contributed by atoms with Gasteiger partial charge in [-0.1, -0.05) is 12.1 Å². The van der Waals surface area contributed by atoms with Crippen molar-refractivity contribution in [3.05, 3.63) is 59.4 Å². The number of ether oxygens (including phenoxy) is 1. The third-order valence-corrected chi connectivity index (χ3v) is 4.22. The van der Waals surface area contributed by atoms with Crippen LogP contribution in [0.15, 0.2) is 42.5 Å². The lowest BCUT2D eigenvalue weighted by molar-refractivity contribution is 0.0600. The average molecular weight is 342 g/mol. The lowest BCUT2D eigenvalue weighted by Gasteiger charge is -2.22. The van der Waals surface area contributed by atoms with Gasteiger partial charge < -0.3 is 15.0 Å². The highest BCUT2D eigenvalue weighted by Crippen LogP contribution is 2.31. The predicted octanol–water partition coefficient (Wildman–Crippen LogP) is 3.46. The number of anilines is 2. The first kappa shape index (κ1) is 17.0. The van der Waals surface area contributed by atoms with E-state index in [2.05, 4.69) is 15.0 Å². The van der Waals surface area contributed by atoms with Gasteiger partial charge in [0.05, 0.1) is 18.4 Å². The zero-order chi connectivity index (χ0) is 17.8. The average Bonchev–Trinajstić information content (AvgIpc) is 3.17. The molecule has 0 radical (unpaired) electrons. The fourth-order valence-corrected chi connectivity index (χ4v) is 2.95. The van der Waals surface area contributed by atoms with Crippen LogP contribution in [0.25, 0.3) is 0 Å². The maximum absolute atomic E-state index is 14.3. The number of rotatable bonds is 4. The fraction of sp³-hybridized carbons (Fsp3) is 0.263. The van der Waals surface area contributed by atoms with Crippen molar-refractivity contribution in [2.45, 2.75) is 12.8 Å². The van der Waals surface area contributed by atoms with Gasteiger partial charge in [-0.25, -0.2) is 9.18 Å². The van der Waals surface area contributed by atoms with Crippen LogP contribution in [-0.4, -0.2) is 32.1 Å². The third kappa shape index (κ3) is 3.63. The number of methoxy groups -OCH3 is 1. The highest BCUT2D eigenvalue weighted by molar-refractivity contribution is 6.07. The van der Waals surface area contributed by atoms with Crippen LogP contribution >= 0.6 is 0 Å². The van der Waals surface area contributed by atoms with Gasteiger partial charge in [-0.15, -0.1) is 0 Å². The number of amides is 1. The van der Waals surface area contributed by atoms with Crippen molar-refractivity contribution in [2.24, 2.45) is 0 Å². The molecule has 1 amide bonds. The van der Waals surface area contributed by atoms with Crippen LogP contribution in [0, 0.1) is 5.82 Å². The summed E-state index contributed by atoms with van der Waals surface area (Å²) in [7, 11) is 1.27. The fourth-order valence-electron chi connectivity index (χ4n) is 2.95. The quantitative estimate of drug-likeness (QED) is 0.865. The summed E-state index contributed by atoms with van der Waals surface area (Å²) in [6, 6.07) is 10.9. The molecule has 130 valence electrons. The molecule has 0 bridgehead atoms. The van der Waals surface area contributed by atoms with Gasteiger partial charge in [-0.2, -0.15) is 0 Å². The first-order chi connectivity index (χ1) is 12.1. The number of benzene rings is 2. The molecule has 3 rings (SSSR count). The summed E-state index contributed by atoms with van der Waals surface area (Å²) in [5.41, 5.74) is 1.37. The molecular formula is C19H19FN2O3. The summed E-state index contributed by atoms with van der Waals surface area (Å²) in [4.78, 5) is 26.2. The molecule has 1 N–H and O–H groups in total. The molecule has 1 aliphatic heterocycles. The van der Waals surface area contributed by atoms with Gasteiger partial charge in [-0.05, 0) is 43.2 Å². The summed E-state index contributed by atoms with van der Waals surface area (Å²) in [6.45, 7) is 1.67. The number of nitrogens with one attached hydrogen (secondary N) is 1. The van der Waals surface area contributed by atoms with Crippen LogP contribution in [-0.2, 0) is 4.74 Å². The SMILES string of the molecule is COC(=O)c1cccc(C(=O)Nc2c(F)cccc2N2CCCC2)c1. The van der Waals surface area contributed by atoms with Crippen LogP contribution in [0.2, 0.25) is 0 Å². The molecule has 0 aromatic heterocycles. The van der Waals surface area contributed by atoms with Gasteiger partial charge in [0.15, 0.2) is 0 Å². The molecule has 0 atom stereocenters. The van der Waals surface area contributed by atoms with E-state index in [9.17, 15) is 14.0 Å². The minimum Gasteiger partial charge on any atom is -0.465 e. The number of carbonyl (C=O) groups is 2. The second kappa shape index (κ2) is 7.34. The molecule has 1 saturated heterocycles. The van der Waals surface area contributed by atoms with Crippen LogP contribution < -0.4 is 10.2 Å². The van der Waals surface area contributed by atoms with Crippen molar-refractivity contribution in [3.8, 4) is 0 Å². The van der Waals surface area contributed by atoms with E-state index in [0.717, 1.165) is 25.9 Å². The van der Waals surface area contributed by atoms with Crippen molar-refractivity contribution < 1.29 is 18.7 Å². The van der Waals surface area contributed by atoms with E-state index >= 15 is 0 Å². The second-order valence-corrected chi connectivity index (χ2v) is 5.85. The van der Waals surface area contributed by atoms with E-state index in [1.54, 1.807) is 30.3 Å². The topological polar surface area (TPSA) is 58.6 Å². The lowest BCUT2D eigenvalue weighted by atomic mass is 10.1. The van der Waals surface area contributed by atoms with Gasteiger partial charge >= 0.3 is 5.97 Å². The lowest BCUT2D eigenvalue weighted by Crippen LogP contribution is -2.22. The van der Waals surface area contributed by atoms with E-state index in [0.29, 0.717) is 5.69 Å². The van der Waals surface area contributed by atoms with Crippen LogP contribution in [0.1, 0.15) is 33.6 Å². The van der Waals surface area contributed by atoms with Gasteiger partial charge in [-0.3, -0.25) is 4.79 Å². The monoisotopic (exact) mass is 342 g/mol. The first-order valence-electron chi connectivity index (χ1n) is 8.13. The van der Waals surface area contributed by atoms with Gasteiger partial charge in [0.1, 0.15) is 11.5 Å². The number of esters is 1. The molecule has 0 unspecified atom stereocenters. The summed E-state index contributed by atoms with van der Waals surface area (Å²) >= 11 is 0. The van der Waals surface area contributed by atoms with Gasteiger partial charge in [0.2, 0.25) is 0 Å². The van der Waals surface area contributed by atoms with Crippen LogP contribution in [0.3, 0.4) is 0 Å². The molecule has 25 heavy (non-hydrogen) atoms. The van der Waals surface area contributed by atoms with Crippen molar-refractivity contribution in [1.82, 2.24) is 0 Å². The molecule has 1 fully saturated rings. The molecular weight excluding hydrogens is 323 g/mol. The highest BCUT2D eigenvalue weighted by atomic mass is 19.1. The third-order valence-electron chi connectivity index (χ3n) is 4.22. The summed E-state index contributed by atoms with van der Waals surface area (Å²) in [5, 5.41) is 2.65. The Morgan fingerprint density at radius 3 is 2.48 bits per heavy atom. The van der Waals surface area contributed by atoms with E-state index in [1.165, 1.54) is 19.2 Å². The van der Waals surface area contributed by atoms with E-state index in [4.69, 9.17) is 0 Å². The number of para-hydroxylation sites is 1. The Hall–Kier alpha value is -2.89. The largest absolute Gasteiger partial charge is 0.465 e. The number of nitrogens with zero attached hydrogens (tertiary/aromatic N) is 1. The molecule has 0 spiro atoms. The van der Waals surface area contributed by atoms with Crippen molar-refractivity contribution in [3.63, 3.8) is 0 Å². The Balaban J connectivity index is 1.87. The number of hydrogen-bond acceptors (Lipinski definition) is 4. The number of halogens is 1. The molecule has 2 aromatic rings. The van der Waals surface area contributed by atoms with Crippen molar-refractivity contribution >= 4 is 23.3 Å². The summed E-state index contributed by atoms with van der Waals surface area (Å²) in [6.07, 6.45) is 2.09. The van der Waals surface area contributed by atoms with Gasteiger partial charge in [0, 0.05) is 18.7 Å². The molecule has 1 aliphatic rings. The Kier molecular flexibility index (Phi) is 4.97. The second-order valence-electron chi connectivity index (χ2n) is 5.85. The zero-order valence-corrected chi connectivity index (χ0v) is 13.9. The van der Waals surface area contributed by atoms with Crippen LogP contribution in [0.5, 0.6) is 0 Å². The minimum atomic E-state index is -0.529. The molecule has 6 heteroatoms. The predicted molar refractivity (Wildman–Crippen MR) is 93.6 cm³/mol. The van der Waals surface area contributed by atoms with Crippen molar-refractivity contribution in [1.29, 1.82) is 0 Å². The maximum atomic E-state index is 14.3. The van der Waals surface area contributed by atoms with Crippen LogP contribution in [0.4, 0.5) is 15.8 Å². The Morgan fingerprint density at radius 1 is 1.08 bits per heavy atom.